The summed E-state index contributed by atoms with van der Waals surface area (Å²) in [5.41, 5.74) is 2.16. The number of carbonyl (C=O) groups excluding carboxylic acids is 2. The standard InChI is InChI=1S/C22H30N2O4/c1-4-5-11-23-14(20-16(25)7-6-8-17(20)26)9-10-15-21-18(27)12-22(2,3)13-19(21)28-24-15/h25H,4-13H2,1-3H3. The summed E-state index contributed by atoms with van der Waals surface area (Å²) in [6.45, 7) is 6.82. The van der Waals surface area contributed by atoms with Crippen LogP contribution in [0.25, 0.3) is 0 Å². The van der Waals surface area contributed by atoms with Crippen molar-refractivity contribution in [1.29, 1.82) is 0 Å². The molecule has 2 aliphatic rings. The number of allylic oxidation sites excluding steroid dienone is 2. The summed E-state index contributed by atoms with van der Waals surface area (Å²) in [5, 5.41) is 14.5. The second-order valence-corrected chi connectivity index (χ2v) is 8.65. The Labute approximate surface area is 166 Å². The van der Waals surface area contributed by atoms with Crippen LogP contribution in [0.4, 0.5) is 0 Å². The molecule has 1 aromatic heterocycles. The average Bonchev–Trinajstić information content (AvgIpc) is 3.00. The van der Waals surface area contributed by atoms with Gasteiger partial charge < -0.3 is 9.63 Å². The zero-order chi connectivity index (χ0) is 20.3. The van der Waals surface area contributed by atoms with Gasteiger partial charge in [0.25, 0.3) is 0 Å². The topological polar surface area (TPSA) is 92.8 Å². The molecule has 1 aromatic rings. The van der Waals surface area contributed by atoms with E-state index in [2.05, 4.69) is 30.9 Å². The first-order valence-corrected chi connectivity index (χ1v) is 10.3. The van der Waals surface area contributed by atoms with Gasteiger partial charge in [-0.3, -0.25) is 14.6 Å². The molecule has 0 amide bonds. The molecule has 0 saturated carbocycles. The van der Waals surface area contributed by atoms with Crippen LogP contribution in [0.5, 0.6) is 0 Å². The van der Waals surface area contributed by atoms with Crippen LogP contribution in [-0.2, 0) is 17.6 Å². The fourth-order valence-corrected chi connectivity index (χ4v) is 4.04. The Bertz CT molecular complexity index is 830. The second-order valence-electron chi connectivity index (χ2n) is 8.65. The van der Waals surface area contributed by atoms with E-state index in [0.717, 1.165) is 12.8 Å². The summed E-state index contributed by atoms with van der Waals surface area (Å²) in [6.07, 6.45) is 5.69. The molecule has 0 unspecified atom stereocenters. The van der Waals surface area contributed by atoms with Gasteiger partial charge in [0.2, 0.25) is 0 Å². The lowest BCUT2D eigenvalue weighted by molar-refractivity contribution is -0.115. The van der Waals surface area contributed by atoms with Gasteiger partial charge in [-0.15, -0.1) is 0 Å². The number of ketones is 2. The molecule has 0 saturated heterocycles. The van der Waals surface area contributed by atoms with Gasteiger partial charge in [-0.2, -0.15) is 0 Å². The quantitative estimate of drug-likeness (QED) is 0.547. The Kier molecular flexibility index (Phi) is 6.16. The lowest BCUT2D eigenvalue weighted by Crippen LogP contribution is -2.26. The van der Waals surface area contributed by atoms with Crippen LogP contribution < -0.4 is 0 Å². The highest BCUT2D eigenvalue weighted by Crippen LogP contribution is 2.36. The fraction of sp³-hybridized carbons (Fsp3) is 0.636. The molecule has 0 atom stereocenters. The monoisotopic (exact) mass is 386 g/mol. The van der Waals surface area contributed by atoms with E-state index < -0.39 is 0 Å². The van der Waals surface area contributed by atoms with E-state index in [1.54, 1.807) is 0 Å². The maximum absolute atomic E-state index is 12.6. The van der Waals surface area contributed by atoms with Gasteiger partial charge in [0.15, 0.2) is 11.6 Å². The van der Waals surface area contributed by atoms with E-state index in [1.807, 2.05) is 0 Å². The van der Waals surface area contributed by atoms with Crippen molar-refractivity contribution in [2.75, 3.05) is 6.54 Å². The number of fused-ring (bicyclic) bond motifs is 1. The Hall–Kier alpha value is -2.24. The summed E-state index contributed by atoms with van der Waals surface area (Å²) in [6, 6.07) is 0. The average molecular weight is 386 g/mol. The molecule has 1 N–H and O–H groups in total. The van der Waals surface area contributed by atoms with Crippen LogP contribution in [0.1, 0.15) is 87.5 Å². The summed E-state index contributed by atoms with van der Waals surface area (Å²) < 4.78 is 5.47. The van der Waals surface area contributed by atoms with Crippen molar-refractivity contribution in [2.24, 2.45) is 10.4 Å². The third-order valence-electron chi connectivity index (χ3n) is 5.48. The fourth-order valence-electron chi connectivity index (χ4n) is 4.04. The van der Waals surface area contributed by atoms with Crippen molar-refractivity contribution < 1.29 is 19.2 Å². The summed E-state index contributed by atoms with van der Waals surface area (Å²) in [4.78, 5) is 29.6. The molecule has 0 radical (unpaired) electrons. The number of carbonyl (C=O) groups is 2. The number of aryl methyl sites for hydroxylation is 1. The van der Waals surface area contributed by atoms with Gasteiger partial charge in [-0.1, -0.05) is 32.3 Å². The first-order chi connectivity index (χ1) is 13.3. The van der Waals surface area contributed by atoms with E-state index >= 15 is 0 Å². The maximum Gasteiger partial charge on any atom is 0.168 e. The van der Waals surface area contributed by atoms with Crippen LogP contribution in [-0.4, -0.2) is 34.1 Å². The van der Waals surface area contributed by atoms with Crippen LogP contribution in [0, 0.1) is 5.41 Å². The molecule has 1 heterocycles. The minimum Gasteiger partial charge on any atom is -0.511 e. The highest BCUT2D eigenvalue weighted by Gasteiger charge is 2.36. The summed E-state index contributed by atoms with van der Waals surface area (Å²) in [5.74, 6) is 0.838. The smallest absolute Gasteiger partial charge is 0.168 e. The molecule has 152 valence electrons. The number of nitrogens with zero attached hydrogens (tertiary/aromatic N) is 2. The molecule has 6 nitrogen and oxygen atoms in total. The van der Waals surface area contributed by atoms with Gasteiger partial charge in [0.05, 0.1) is 16.8 Å². The van der Waals surface area contributed by atoms with Gasteiger partial charge in [0.1, 0.15) is 11.5 Å². The molecular weight excluding hydrogens is 356 g/mol. The lowest BCUT2D eigenvalue weighted by atomic mass is 9.76. The van der Waals surface area contributed by atoms with E-state index in [4.69, 9.17) is 4.52 Å². The molecule has 6 heteroatoms. The van der Waals surface area contributed by atoms with Crippen LogP contribution in [0.3, 0.4) is 0 Å². The molecular formula is C22H30N2O4. The Morgan fingerprint density at radius 2 is 2.00 bits per heavy atom. The Morgan fingerprint density at radius 3 is 2.71 bits per heavy atom. The van der Waals surface area contributed by atoms with Crippen molar-refractivity contribution in [1.82, 2.24) is 5.16 Å². The number of aliphatic hydroxyl groups is 1. The first-order valence-electron chi connectivity index (χ1n) is 10.3. The van der Waals surface area contributed by atoms with Crippen LogP contribution in [0.2, 0.25) is 0 Å². The first kappa shape index (κ1) is 20.5. The number of aromatic nitrogens is 1. The number of hydrogen-bond donors (Lipinski definition) is 1. The number of unbranched alkanes of at least 4 members (excludes halogenated alkanes) is 1. The largest absolute Gasteiger partial charge is 0.511 e. The van der Waals surface area contributed by atoms with Gasteiger partial charge in [0, 0.05) is 37.9 Å². The molecule has 28 heavy (non-hydrogen) atoms. The van der Waals surface area contributed by atoms with E-state index in [1.165, 1.54) is 0 Å². The van der Waals surface area contributed by atoms with Gasteiger partial charge >= 0.3 is 0 Å². The van der Waals surface area contributed by atoms with Crippen molar-refractivity contribution in [3.8, 4) is 0 Å². The third-order valence-corrected chi connectivity index (χ3v) is 5.48. The predicted octanol–water partition coefficient (Wildman–Crippen LogP) is 4.57. The number of aliphatic hydroxyl groups excluding tert-OH is 1. The van der Waals surface area contributed by atoms with Gasteiger partial charge in [-0.05, 0) is 31.1 Å². The van der Waals surface area contributed by atoms with Crippen molar-refractivity contribution in [2.45, 2.75) is 78.6 Å². The van der Waals surface area contributed by atoms with Crippen molar-refractivity contribution in [3.05, 3.63) is 28.3 Å². The Morgan fingerprint density at radius 1 is 1.21 bits per heavy atom. The number of rotatable bonds is 7. The highest BCUT2D eigenvalue weighted by atomic mass is 16.5. The van der Waals surface area contributed by atoms with E-state index in [-0.39, 0.29) is 22.7 Å². The summed E-state index contributed by atoms with van der Waals surface area (Å²) in [7, 11) is 0. The molecule has 0 aliphatic heterocycles. The van der Waals surface area contributed by atoms with Crippen LogP contribution >= 0.6 is 0 Å². The minimum absolute atomic E-state index is 0.0426. The lowest BCUT2D eigenvalue weighted by Gasteiger charge is -2.26. The number of Topliss-reactive ketones (excluding diaryl/α,β-unsaturated/α-hetero) is 2. The SMILES string of the molecule is CCCCN=C(CCc1noc2c1C(=O)CC(C)(C)C2)C1=C(O)CCCC1=O. The zero-order valence-electron chi connectivity index (χ0n) is 17.1. The van der Waals surface area contributed by atoms with Crippen molar-refractivity contribution >= 4 is 17.3 Å². The molecule has 0 fully saturated rings. The molecule has 0 bridgehead atoms. The molecule has 0 spiro atoms. The normalized spacial score (nSPS) is 19.9. The summed E-state index contributed by atoms with van der Waals surface area (Å²) >= 11 is 0. The number of aliphatic imine (C=N–C) groups is 1. The second kappa shape index (κ2) is 8.41. The van der Waals surface area contributed by atoms with Crippen LogP contribution in [0.15, 0.2) is 20.8 Å². The van der Waals surface area contributed by atoms with Crippen molar-refractivity contribution in [3.63, 3.8) is 0 Å². The molecule has 2 aliphatic carbocycles. The van der Waals surface area contributed by atoms with E-state index in [0.29, 0.717) is 79.8 Å². The minimum atomic E-state index is -0.112. The highest BCUT2D eigenvalue weighted by molar-refractivity contribution is 6.23. The Balaban J connectivity index is 1.82. The van der Waals surface area contributed by atoms with Gasteiger partial charge in [-0.25, -0.2) is 0 Å². The molecule has 0 aromatic carbocycles. The zero-order valence-corrected chi connectivity index (χ0v) is 17.1. The third kappa shape index (κ3) is 4.42. The number of hydrogen-bond acceptors (Lipinski definition) is 6. The predicted molar refractivity (Wildman–Crippen MR) is 107 cm³/mol. The maximum atomic E-state index is 12.6. The van der Waals surface area contributed by atoms with E-state index in [9.17, 15) is 14.7 Å². The molecule has 3 rings (SSSR count).